The van der Waals surface area contributed by atoms with E-state index in [0.717, 1.165) is 6.42 Å². The molecule has 1 aliphatic rings. The van der Waals surface area contributed by atoms with Crippen LogP contribution < -0.4 is 5.32 Å². The lowest BCUT2D eigenvalue weighted by atomic mass is 10.0. The summed E-state index contributed by atoms with van der Waals surface area (Å²) < 4.78 is 5.81. The first-order valence-electron chi connectivity index (χ1n) is 7.53. The fraction of sp³-hybridized carbons (Fsp3) is 0.750. The van der Waals surface area contributed by atoms with Gasteiger partial charge in [0.15, 0.2) is 0 Å². The monoisotopic (exact) mass is 298 g/mol. The van der Waals surface area contributed by atoms with Gasteiger partial charge < -0.3 is 10.1 Å². The van der Waals surface area contributed by atoms with Gasteiger partial charge in [-0.15, -0.1) is 0 Å². The topological polar surface area (TPSA) is 58.6 Å². The lowest BCUT2D eigenvalue weighted by molar-refractivity contribution is -0.142. The summed E-state index contributed by atoms with van der Waals surface area (Å²) in [6.45, 7) is 12.8. The van der Waals surface area contributed by atoms with Crippen molar-refractivity contribution in [1.29, 1.82) is 0 Å². The van der Waals surface area contributed by atoms with Gasteiger partial charge in [-0.3, -0.25) is 14.5 Å². The molecular weight excluding hydrogens is 268 g/mol. The number of rotatable bonds is 7. The van der Waals surface area contributed by atoms with Crippen LogP contribution in [0.1, 0.15) is 48.0 Å². The van der Waals surface area contributed by atoms with E-state index in [-0.39, 0.29) is 23.9 Å². The molecule has 5 nitrogen and oxygen atoms in total. The summed E-state index contributed by atoms with van der Waals surface area (Å²) in [5.41, 5.74) is -0.530. The second-order valence-corrected chi connectivity index (χ2v) is 6.09. The van der Waals surface area contributed by atoms with Crippen molar-refractivity contribution in [2.75, 3.05) is 20.2 Å². The predicted octanol–water partition coefficient (Wildman–Crippen LogP) is 2.12. The predicted molar refractivity (Wildman–Crippen MR) is 85.0 cm³/mol. The summed E-state index contributed by atoms with van der Waals surface area (Å²) in [5, 5.41) is 3.21. The number of ether oxygens (including phenoxy) is 1. The Labute approximate surface area is 128 Å². The molecule has 0 saturated carbocycles. The van der Waals surface area contributed by atoms with Crippen molar-refractivity contribution in [1.82, 2.24) is 10.2 Å². The molecule has 0 spiro atoms. The molecule has 0 radical (unpaired) electrons. The van der Waals surface area contributed by atoms with Crippen molar-refractivity contribution in [3.8, 4) is 0 Å². The van der Waals surface area contributed by atoms with Crippen LogP contribution in [0.25, 0.3) is 0 Å². The van der Waals surface area contributed by atoms with Gasteiger partial charge in [-0.1, -0.05) is 13.8 Å². The van der Waals surface area contributed by atoms with Crippen molar-refractivity contribution in [2.45, 2.75) is 59.1 Å². The Kier molecular flexibility index (Phi) is 7.82. The van der Waals surface area contributed by atoms with Crippen molar-refractivity contribution < 1.29 is 14.3 Å². The number of hydrogen-bond donors (Lipinski definition) is 1. The van der Waals surface area contributed by atoms with Crippen LogP contribution in [-0.2, 0) is 14.3 Å². The first-order valence-corrected chi connectivity index (χ1v) is 7.53. The van der Waals surface area contributed by atoms with Gasteiger partial charge in [0.2, 0.25) is 0 Å². The van der Waals surface area contributed by atoms with Crippen LogP contribution in [0.15, 0.2) is 12.2 Å². The Morgan fingerprint density at radius 1 is 1.10 bits per heavy atom. The fourth-order valence-corrected chi connectivity index (χ4v) is 1.72. The molecule has 0 aromatic carbocycles. The number of nitrogens with zero attached hydrogens (tertiary/aromatic N) is 1. The highest BCUT2D eigenvalue weighted by atomic mass is 16.5. The molecule has 0 saturated heterocycles. The van der Waals surface area contributed by atoms with Crippen LogP contribution in [0.2, 0.25) is 0 Å². The zero-order valence-electron chi connectivity index (χ0n) is 14.4. The van der Waals surface area contributed by atoms with Gasteiger partial charge in [0.25, 0.3) is 11.8 Å². The van der Waals surface area contributed by atoms with Crippen LogP contribution in [0.3, 0.4) is 0 Å². The number of carbonyl (C=O) groups is 2. The van der Waals surface area contributed by atoms with E-state index in [9.17, 15) is 9.59 Å². The molecule has 0 fully saturated rings. The summed E-state index contributed by atoms with van der Waals surface area (Å²) in [6.07, 6.45) is 3.44. The van der Waals surface area contributed by atoms with Gasteiger partial charge in [0, 0.05) is 24.3 Å². The number of nitrogens with one attached hydrogen (secondary N) is 1. The number of imide groups is 1. The Morgan fingerprint density at radius 3 is 2.00 bits per heavy atom. The first kappa shape index (κ1) is 19.8. The van der Waals surface area contributed by atoms with Gasteiger partial charge in [0.05, 0.1) is 12.1 Å². The molecule has 1 aliphatic heterocycles. The number of amides is 2. The first-order chi connectivity index (χ1) is 9.67. The van der Waals surface area contributed by atoms with E-state index >= 15 is 0 Å². The smallest absolute Gasteiger partial charge is 0.253 e. The average molecular weight is 298 g/mol. The van der Waals surface area contributed by atoms with Crippen LogP contribution in [0.4, 0.5) is 0 Å². The third kappa shape index (κ3) is 6.87. The molecule has 0 aromatic rings. The van der Waals surface area contributed by atoms with Crippen LogP contribution in [0, 0.1) is 0 Å². The molecule has 0 aliphatic carbocycles. The van der Waals surface area contributed by atoms with E-state index in [4.69, 9.17) is 4.74 Å². The largest absolute Gasteiger partial charge is 0.374 e. The van der Waals surface area contributed by atoms with Crippen LogP contribution in [-0.4, -0.2) is 48.1 Å². The molecule has 0 atom stereocenters. The average Bonchev–Trinajstić information content (AvgIpc) is 2.72. The summed E-state index contributed by atoms with van der Waals surface area (Å²) >= 11 is 0. The van der Waals surface area contributed by atoms with E-state index in [1.165, 1.54) is 17.1 Å². The Bertz CT molecular complexity index is 369. The van der Waals surface area contributed by atoms with Gasteiger partial charge in [-0.25, -0.2) is 0 Å². The number of carbonyl (C=O) groups excluding carboxylic acids is 2. The van der Waals surface area contributed by atoms with Crippen LogP contribution in [0.5, 0.6) is 0 Å². The van der Waals surface area contributed by atoms with E-state index in [1.807, 2.05) is 34.7 Å². The zero-order chi connectivity index (χ0) is 16.7. The molecule has 0 aromatic heterocycles. The van der Waals surface area contributed by atoms with Crippen molar-refractivity contribution in [3.05, 3.63) is 12.2 Å². The normalized spacial score (nSPS) is 15.3. The molecular formula is C16H30N2O3. The fourth-order valence-electron chi connectivity index (χ4n) is 1.72. The second-order valence-electron chi connectivity index (χ2n) is 6.09. The quantitative estimate of drug-likeness (QED) is 0.731. The molecule has 0 bridgehead atoms. The highest BCUT2D eigenvalue weighted by Gasteiger charge is 2.31. The minimum atomic E-state index is -0.541. The SMILES string of the molecule is CC.CNC(C)(C)CCOC(C)(C)CN1C(=O)C=CC1=O. The van der Waals surface area contributed by atoms with Crippen LogP contribution >= 0.6 is 0 Å². The molecule has 122 valence electrons. The van der Waals surface area contributed by atoms with Gasteiger partial charge in [-0.05, 0) is 41.2 Å². The van der Waals surface area contributed by atoms with Gasteiger partial charge in [-0.2, -0.15) is 0 Å². The maximum absolute atomic E-state index is 11.5. The molecule has 1 N–H and O–H groups in total. The van der Waals surface area contributed by atoms with E-state index < -0.39 is 5.60 Å². The Hall–Kier alpha value is -1.20. The molecule has 21 heavy (non-hydrogen) atoms. The zero-order valence-corrected chi connectivity index (χ0v) is 14.4. The summed E-state index contributed by atoms with van der Waals surface area (Å²) in [6, 6.07) is 0. The van der Waals surface area contributed by atoms with Gasteiger partial charge in [0.1, 0.15) is 0 Å². The van der Waals surface area contributed by atoms with Crippen molar-refractivity contribution >= 4 is 11.8 Å². The second kappa shape index (κ2) is 8.29. The van der Waals surface area contributed by atoms with Gasteiger partial charge >= 0.3 is 0 Å². The minimum Gasteiger partial charge on any atom is -0.374 e. The maximum atomic E-state index is 11.5. The minimum absolute atomic E-state index is 0.0108. The standard InChI is InChI=1S/C14H24N2O3.C2H6/c1-13(2,15-5)8-9-19-14(3,4)10-16-11(17)6-7-12(16)18;1-2/h6-7,15H,8-10H2,1-5H3;1-2H3. The summed E-state index contributed by atoms with van der Waals surface area (Å²) in [5.74, 6) is -0.533. The molecule has 0 unspecified atom stereocenters. The third-order valence-corrected chi connectivity index (χ3v) is 3.34. The van der Waals surface area contributed by atoms with Crippen molar-refractivity contribution in [3.63, 3.8) is 0 Å². The van der Waals surface area contributed by atoms with E-state index in [2.05, 4.69) is 19.2 Å². The number of hydrogen-bond acceptors (Lipinski definition) is 4. The molecule has 5 heteroatoms. The lowest BCUT2D eigenvalue weighted by Gasteiger charge is -2.31. The molecule has 1 heterocycles. The highest BCUT2D eigenvalue weighted by Crippen LogP contribution is 2.17. The molecule has 2 amide bonds. The maximum Gasteiger partial charge on any atom is 0.253 e. The third-order valence-electron chi connectivity index (χ3n) is 3.34. The van der Waals surface area contributed by atoms with E-state index in [1.54, 1.807) is 0 Å². The van der Waals surface area contributed by atoms with E-state index in [0.29, 0.717) is 6.61 Å². The molecule has 1 rings (SSSR count). The summed E-state index contributed by atoms with van der Waals surface area (Å²) in [4.78, 5) is 24.2. The van der Waals surface area contributed by atoms with Crippen molar-refractivity contribution in [2.24, 2.45) is 0 Å². The highest BCUT2D eigenvalue weighted by molar-refractivity contribution is 6.12. The Morgan fingerprint density at radius 2 is 1.57 bits per heavy atom. The Balaban J connectivity index is 0.00000191. The summed E-state index contributed by atoms with van der Waals surface area (Å²) in [7, 11) is 1.92. The lowest BCUT2D eigenvalue weighted by Crippen LogP contribution is -2.45.